The Morgan fingerprint density at radius 3 is 2.26 bits per heavy atom. The molecule has 3 heterocycles. The van der Waals surface area contributed by atoms with Crippen LogP contribution in [-0.2, 0) is 30.3 Å². The van der Waals surface area contributed by atoms with Crippen LogP contribution in [0.25, 0.3) is 10.8 Å². The lowest BCUT2D eigenvalue weighted by molar-refractivity contribution is -0.160. The maximum atomic E-state index is 14.4. The zero-order valence-electron chi connectivity index (χ0n) is 32.3. The molecule has 0 fully saturated rings. The van der Waals surface area contributed by atoms with Gasteiger partial charge in [-0.2, -0.15) is 0 Å². The van der Waals surface area contributed by atoms with Gasteiger partial charge in [0, 0.05) is 67.1 Å². The smallest absolute Gasteiger partial charge is 0.303 e. The Morgan fingerprint density at radius 1 is 0.981 bits per heavy atom. The Morgan fingerprint density at radius 2 is 1.65 bits per heavy atom. The van der Waals surface area contributed by atoms with Gasteiger partial charge >= 0.3 is 11.9 Å². The monoisotopic (exact) mass is 751 g/mol. The van der Waals surface area contributed by atoms with Crippen LogP contribution in [0.5, 0.6) is 17.2 Å². The average molecular weight is 752 g/mol. The summed E-state index contributed by atoms with van der Waals surface area (Å²) in [6, 6.07) is 1.40. The number of aliphatic hydroxyl groups is 2. The van der Waals surface area contributed by atoms with Crippen LogP contribution in [-0.4, -0.2) is 86.3 Å². The summed E-state index contributed by atoms with van der Waals surface area (Å²) in [7, 11) is 1.48. The lowest BCUT2D eigenvalue weighted by atomic mass is 9.78. The van der Waals surface area contributed by atoms with Crippen LogP contribution in [0.3, 0.4) is 0 Å². The fourth-order valence-corrected chi connectivity index (χ4v) is 7.50. The van der Waals surface area contributed by atoms with Gasteiger partial charge in [-0.05, 0) is 38.8 Å². The van der Waals surface area contributed by atoms with Crippen molar-refractivity contribution in [1.29, 1.82) is 0 Å². The maximum absolute atomic E-state index is 14.4. The first kappa shape index (κ1) is 42.0. The number of Topliss-reactive ketones (excluding diaryl/α,β-unsaturated/α-hetero) is 1. The van der Waals surface area contributed by atoms with Gasteiger partial charge in [-0.25, -0.2) is 0 Å². The highest BCUT2D eigenvalue weighted by atomic mass is 16.5. The number of anilines is 1. The quantitative estimate of drug-likeness (QED) is 0.127. The van der Waals surface area contributed by atoms with Gasteiger partial charge in [0.25, 0.3) is 5.91 Å². The van der Waals surface area contributed by atoms with E-state index >= 15 is 0 Å². The number of ether oxygens (including phenoxy) is 3. The van der Waals surface area contributed by atoms with Crippen LogP contribution in [0.4, 0.5) is 5.69 Å². The number of benzene rings is 2. The second-order valence-electron chi connectivity index (χ2n) is 14.9. The highest BCUT2D eigenvalue weighted by Gasteiger charge is 2.47. The molecule has 13 nitrogen and oxygen atoms in total. The molecule has 54 heavy (non-hydrogen) atoms. The first-order chi connectivity index (χ1) is 25.2. The second-order valence-corrected chi connectivity index (χ2v) is 14.9. The number of amides is 1. The van der Waals surface area contributed by atoms with E-state index in [0.717, 1.165) is 0 Å². The first-order valence-electron chi connectivity index (χ1n) is 18.1. The number of carboxylic acids is 1. The fourth-order valence-electron chi connectivity index (χ4n) is 7.50. The summed E-state index contributed by atoms with van der Waals surface area (Å²) in [6.45, 7) is 12.9. The van der Waals surface area contributed by atoms with Gasteiger partial charge in [-0.1, -0.05) is 58.1 Å². The Balaban J connectivity index is 1.93. The molecule has 9 atom stereocenters. The number of phenolic OH excluding ortho intramolecular Hbond substituents is 2. The van der Waals surface area contributed by atoms with Crippen LogP contribution in [0, 0.1) is 30.6 Å². The molecule has 2 aromatic rings. The molecule has 5 bridgehead atoms. The molecule has 9 unspecified atom stereocenters. The van der Waals surface area contributed by atoms with E-state index in [2.05, 4.69) is 5.32 Å². The number of phenols is 2. The van der Waals surface area contributed by atoms with Crippen LogP contribution in [0.2, 0.25) is 0 Å². The van der Waals surface area contributed by atoms with E-state index in [-0.39, 0.29) is 63.7 Å². The van der Waals surface area contributed by atoms with Gasteiger partial charge < -0.3 is 45.1 Å². The average Bonchev–Trinajstić information content (AvgIpc) is 3.38. The van der Waals surface area contributed by atoms with Crippen molar-refractivity contribution >= 4 is 40.1 Å². The number of carbonyl (C=O) groups excluding carboxylic acids is 3. The number of esters is 1. The topological polar surface area (TPSA) is 209 Å². The predicted octanol–water partition coefficient (Wildman–Crippen LogP) is 5.52. The number of aromatic hydroxyl groups is 2. The predicted molar refractivity (Wildman–Crippen MR) is 202 cm³/mol. The van der Waals surface area contributed by atoms with Crippen molar-refractivity contribution in [3.63, 3.8) is 0 Å². The molecule has 0 saturated heterocycles. The third kappa shape index (κ3) is 8.33. The lowest BCUT2D eigenvalue weighted by Crippen LogP contribution is -2.46. The molecule has 1 amide bonds. The van der Waals surface area contributed by atoms with Crippen LogP contribution in [0.1, 0.15) is 82.8 Å². The molecule has 294 valence electrons. The van der Waals surface area contributed by atoms with E-state index < -0.39 is 88.8 Å². The number of allylic oxidation sites excluding steroid dienone is 2. The van der Waals surface area contributed by atoms with Crippen molar-refractivity contribution in [1.82, 2.24) is 0 Å². The van der Waals surface area contributed by atoms with Gasteiger partial charge in [0.15, 0.2) is 11.4 Å². The van der Waals surface area contributed by atoms with E-state index in [4.69, 9.17) is 14.2 Å². The summed E-state index contributed by atoms with van der Waals surface area (Å²) in [4.78, 5) is 51.8. The number of fused-ring (bicyclic) bond motifs is 14. The van der Waals surface area contributed by atoms with Gasteiger partial charge in [-0.15, -0.1) is 0 Å². The molecule has 0 saturated carbocycles. The minimum Gasteiger partial charge on any atom is -0.507 e. The normalized spacial score (nSPS) is 29.6. The molecule has 5 rings (SSSR count). The summed E-state index contributed by atoms with van der Waals surface area (Å²) < 4.78 is 17.9. The van der Waals surface area contributed by atoms with Gasteiger partial charge in [0.2, 0.25) is 5.78 Å². The van der Waals surface area contributed by atoms with Crippen LogP contribution < -0.4 is 10.1 Å². The number of hydrogen-bond acceptors (Lipinski definition) is 11. The molecule has 6 N–H and O–H groups in total. The van der Waals surface area contributed by atoms with E-state index in [1.54, 1.807) is 52.0 Å². The number of nitrogens with one attached hydrogen (secondary N) is 1. The first-order valence-corrected chi connectivity index (χ1v) is 18.1. The van der Waals surface area contributed by atoms with Gasteiger partial charge in [-0.3, -0.25) is 19.2 Å². The summed E-state index contributed by atoms with van der Waals surface area (Å²) >= 11 is 0. The largest absolute Gasteiger partial charge is 0.507 e. The number of carboxylic acid groups (broad SMARTS) is 1. The SMILES string of the molecule is COC1C=CCC2(C)Oc3c(C)c(O)c4c(O)c(cc(CCC(=O)O)c4c3C2=O)NC(=O)C(C)=CC=CC(C)C(O)C(C)C(O)C(C)C(OC(C)=O)C1C. The molecule has 0 aliphatic carbocycles. The Kier molecular flexibility index (Phi) is 13.0. The molecule has 0 radical (unpaired) electrons. The summed E-state index contributed by atoms with van der Waals surface area (Å²) in [5.41, 5.74) is -0.860. The zero-order chi connectivity index (χ0) is 40.4. The van der Waals surface area contributed by atoms with E-state index in [1.165, 1.54) is 40.0 Å². The standard InChI is InChI=1S/C41H53NO12/c1-19-12-10-13-20(2)40(51)42-27-18-26(15-16-29(44)45)30-31(36(27)49)35(48)24(6)38-32(30)39(50)41(8,54-38)17-11-14-28(52-9)21(3)37(53-25(7)43)23(5)34(47)22(4)33(19)46/h10-14,18-19,21-23,28,33-34,37,46-49H,15-17H2,1-9H3,(H,42,51)(H,44,45). The fraction of sp³-hybridized carbons (Fsp3) is 0.512. The molecule has 3 aliphatic heterocycles. The Hall–Kier alpha value is -4.72. The number of rotatable bonds is 5. The molecular formula is C41H53NO12. The minimum atomic E-state index is -1.50. The highest BCUT2D eigenvalue weighted by Crippen LogP contribution is 2.52. The minimum absolute atomic E-state index is 0.0238. The van der Waals surface area contributed by atoms with E-state index in [0.29, 0.717) is 0 Å². The summed E-state index contributed by atoms with van der Waals surface area (Å²) in [5.74, 6) is -5.88. The molecule has 2 aromatic carbocycles. The number of hydrogen-bond donors (Lipinski definition) is 6. The number of aryl methyl sites for hydroxylation is 1. The van der Waals surface area contributed by atoms with Crippen molar-refractivity contribution in [3.05, 3.63) is 58.7 Å². The van der Waals surface area contributed by atoms with Gasteiger partial charge in [0.1, 0.15) is 17.6 Å². The molecular weight excluding hydrogens is 698 g/mol. The van der Waals surface area contributed by atoms with E-state index in [9.17, 15) is 44.7 Å². The van der Waals surface area contributed by atoms with Crippen molar-refractivity contribution < 1.29 is 58.9 Å². The van der Waals surface area contributed by atoms with Crippen molar-refractivity contribution in [2.75, 3.05) is 12.4 Å². The van der Waals surface area contributed by atoms with E-state index in [1.807, 2.05) is 6.92 Å². The van der Waals surface area contributed by atoms with Crippen molar-refractivity contribution in [2.45, 2.75) is 105 Å². The number of aliphatic hydroxyl groups excluding tert-OH is 2. The third-order valence-corrected chi connectivity index (χ3v) is 10.9. The van der Waals surface area contributed by atoms with Crippen LogP contribution in [0.15, 0.2) is 42.0 Å². The third-order valence-electron chi connectivity index (χ3n) is 10.9. The second kappa shape index (κ2) is 16.7. The van der Waals surface area contributed by atoms with Crippen molar-refractivity contribution in [3.8, 4) is 17.2 Å². The molecule has 0 aromatic heterocycles. The number of carbonyl (C=O) groups is 4. The molecule has 0 spiro atoms. The number of aliphatic carboxylic acids is 1. The number of methoxy groups -OCH3 is 1. The summed E-state index contributed by atoms with van der Waals surface area (Å²) in [6.07, 6.45) is 4.13. The summed E-state index contributed by atoms with van der Waals surface area (Å²) in [5, 5.41) is 57.9. The van der Waals surface area contributed by atoms with Gasteiger partial charge in [0.05, 0.1) is 34.9 Å². The zero-order valence-corrected chi connectivity index (χ0v) is 32.3. The Bertz CT molecular complexity index is 1900. The highest BCUT2D eigenvalue weighted by molar-refractivity contribution is 6.21. The Labute approximate surface area is 315 Å². The number of ketones is 1. The molecule has 13 heteroatoms. The lowest BCUT2D eigenvalue weighted by Gasteiger charge is -2.38. The van der Waals surface area contributed by atoms with Crippen LogP contribution >= 0.6 is 0 Å². The van der Waals surface area contributed by atoms with Crippen molar-refractivity contribution in [2.24, 2.45) is 23.7 Å². The molecule has 3 aliphatic rings. The maximum Gasteiger partial charge on any atom is 0.303 e.